The maximum absolute atomic E-state index is 12.4. The number of carbonyl (C=O) groups is 1. The number of nitrogens with one attached hydrogen (secondary N) is 1. The van der Waals surface area contributed by atoms with Crippen LogP contribution in [0.25, 0.3) is 0 Å². The molecule has 5 heteroatoms. The lowest BCUT2D eigenvalue weighted by atomic mass is 9.95. The number of thiophene rings is 1. The smallest absolute Gasteiger partial charge is 0.220 e. The van der Waals surface area contributed by atoms with Crippen molar-refractivity contribution in [1.82, 2.24) is 5.32 Å². The van der Waals surface area contributed by atoms with Crippen molar-refractivity contribution in [3.63, 3.8) is 0 Å². The highest BCUT2D eigenvalue weighted by molar-refractivity contribution is 7.09. The highest BCUT2D eigenvalue weighted by Crippen LogP contribution is 2.33. The number of carbonyl (C=O) groups excluding carboxylic acids is 1. The molecule has 1 unspecified atom stereocenters. The minimum absolute atomic E-state index is 0.0549. The number of aryl methyl sites for hydroxylation is 1. The first-order valence-electron chi connectivity index (χ1n) is 9.26. The number of ether oxygens (including phenoxy) is 2. The van der Waals surface area contributed by atoms with E-state index >= 15 is 0 Å². The highest BCUT2D eigenvalue weighted by Gasteiger charge is 2.20. The molecule has 2 aromatic rings. The third-order valence-corrected chi connectivity index (χ3v) is 5.02. The zero-order chi connectivity index (χ0) is 18.9. The van der Waals surface area contributed by atoms with E-state index in [2.05, 4.69) is 25.2 Å². The number of hydrogen-bond acceptors (Lipinski definition) is 4. The summed E-state index contributed by atoms with van der Waals surface area (Å²) in [5, 5.41) is 5.23. The molecule has 26 heavy (non-hydrogen) atoms. The molecule has 142 valence electrons. The van der Waals surface area contributed by atoms with Gasteiger partial charge in [0.25, 0.3) is 0 Å². The third-order valence-electron chi connectivity index (χ3n) is 4.09. The van der Waals surface area contributed by atoms with E-state index in [0.717, 1.165) is 23.5 Å². The highest BCUT2D eigenvalue weighted by atomic mass is 32.1. The van der Waals surface area contributed by atoms with Crippen molar-refractivity contribution in [3.8, 4) is 11.5 Å². The summed E-state index contributed by atoms with van der Waals surface area (Å²) in [6.45, 7) is 9.29. The van der Waals surface area contributed by atoms with Crippen LogP contribution in [0.4, 0.5) is 0 Å². The Morgan fingerprint density at radius 1 is 1.12 bits per heavy atom. The van der Waals surface area contributed by atoms with Gasteiger partial charge in [0, 0.05) is 11.3 Å². The molecule has 0 aliphatic heterocycles. The minimum atomic E-state index is -0.0549. The number of rotatable bonds is 10. The number of benzene rings is 1. The van der Waals surface area contributed by atoms with Gasteiger partial charge in [-0.3, -0.25) is 4.79 Å². The second-order valence-corrected chi connectivity index (χ2v) is 7.47. The lowest BCUT2D eigenvalue weighted by Crippen LogP contribution is -2.31. The van der Waals surface area contributed by atoms with Crippen molar-refractivity contribution in [1.29, 1.82) is 0 Å². The molecule has 1 atom stereocenters. The van der Waals surface area contributed by atoms with E-state index in [-0.39, 0.29) is 17.9 Å². The molecule has 4 nitrogen and oxygen atoms in total. The second-order valence-electron chi connectivity index (χ2n) is 6.44. The molecule has 0 aliphatic rings. The van der Waals surface area contributed by atoms with Crippen molar-refractivity contribution >= 4 is 17.2 Å². The van der Waals surface area contributed by atoms with Gasteiger partial charge in [0.2, 0.25) is 5.91 Å². The zero-order valence-corrected chi connectivity index (χ0v) is 16.9. The van der Waals surface area contributed by atoms with Crippen LogP contribution in [-0.4, -0.2) is 19.1 Å². The van der Waals surface area contributed by atoms with E-state index < -0.39 is 0 Å². The largest absolute Gasteiger partial charge is 0.490 e. The summed E-state index contributed by atoms with van der Waals surface area (Å²) in [6, 6.07) is 9.96. The van der Waals surface area contributed by atoms with Crippen LogP contribution in [0.1, 0.15) is 50.6 Å². The molecule has 1 aromatic carbocycles. The molecule has 0 aliphatic carbocycles. The van der Waals surface area contributed by atoms with Gasteiger partial charge in [-0.05, 0) is 55.3 Å². The van der Waals surface area contributed by atoms with Crippen LogP contribution in [0.5, 0.6) is 11.5 Å². The van der Waals surface area contributed by atoms with Crippen LogP contribution < -0.4 is 14.8 Å². The van der Waals surface area contributed by atoms with E-state index in [9.17, 15) is 4.79 Å². The second kappa shape index (κ2) is 10.2. The monoisotopic (exact) mass is 375 g/mol. The standard InChI is InChI=1S/C21H29NO3S/c1-5-24-18-11-9-16(14-19(18)25-6-2)21(15(3)4)22-20(23)12-10-17-8-7-13-26-17/h7-9,11,13-15,21H,5-6,10,12H2,1-4H3,(H,22,23). The van der Waals surface area contributed by atoms with Gasteiger partial charge in [0.15, 0.2) is 11.5 Å². The molecular formula is C21H29NO3S. The molecule has 0 saturated carbocycles. The first-order chi connectivity index (χ1) is 12.5. The maximum Gasteiger partial charge on any atom is 0.220 e. The molecule has 1 N–H and O–H groups in total. The SMILES string of the molecule is CCOc1ccc(C(NC(=O)CCc2cccs2)C(C)C)cc1OCC. The Labute approximate surface area is 160 Å². The molecule has 2 rings (SSSR count). The van der Waals surface area contributed by atoms with Crippen molar-refractivity contribution in [2.45, 2.75) is 46.6 Å². The number of amides is 1. The average Bonchev–Trinajstić information content (AvgIpc) is 3.13. The Bertz CT molecular complexity index is 683. The van der Waals surface area contributed by atoms with Crippen LogP contribution in [0.15, 0.2) is 35.7 Å². The first kappa shape index (κ1) is 20.3. The van der Waals surface area contributed by atoms with E-state index in [1.54, 1.807) is 11.3 Å². The van der Waals surface area contributed by atoms with Gasteiger partial charge in [-0.25, -0.2) is 0 Å². The molecular weight excluding hydrogens is 346 g/mol. The van der Waals surface area contributed by atoms with Crippen LogP contribution in [0.2, 0.25) is 0 Å². The predicted octanol–water partition coefficient (Wildman–Crippen LogP) is 4.99. The normalized spacial score (nSPS) is 12.0. The van der Waals surface area contributed by atoms with Crippen molar-refractivity contribution in [2.75, 3.05) is 13.2 Å². The maximum atomic E-state index is 12.4. The molecule has 1 heterocycles. The summed E-state index contributed by atoms with van der Waals surface area (Å²) < 4.78 is 11.4. The Hall–Kier alpha value is -2.01. The third kappa shape index (κ3) is 5.77. The fourth-order valence-electron chi connectivity index (χ4n) is 2.83. The van der Waals surface area contributed by atoms with Gasteiger partial charge >= 0.3 is 0 Å². The van der Waals surface area contributed by atoms with Gasteiger partial charge in [-0.2, -0.15) is 0 Å². The lowest BCUT2D eigenvalue weighted by Gasteiger charge is -2.24. The van der Waals surface area contributed by atoms with Crippen molar-refractivity contribution in [2.24, 2.45) is 5.92 Å². The molecule has 0 spiro atoms. The fraction of sp³-hybridized carbons (Fsp3) is 0.476. The Morgan fingerprint density at radius 2 is 1.85 bits per heavy atom. The van der Waals surface area contributed by atoms with Gasteiger partial charge in [0.1, 0.15) is 0 Å². The van der Waals surface area contributed by atoms with Crippen molar-refractivity contribution in [3.05, 3.63) is 46.2 Å². The quantitative estimate of drug-likeness (QED) is 0.636. The Morgan fingerprint density at radius 3 is 2.46 bits per heavy atom. The first-order valence-corrected chi connectivity index (χ1v) is 10.1. The summed E-state index contributed by atoms with van der Waals surface area (Å²) in [7, 11) is 0. The predicted molar refractivity (Wildman–Crippen MR) is 107 cm³/mol. The summed E-state index contributed by atoms with van der Waals surface area (Å²) in [4.78, 5) is 13.7. The lowest BCUT2D eigenvalue weighted by molar-refractivity contribution is -0.122. The van der Waals surface area contributed by atoms with Gasteiger partial charge in [-0.1, -0.05) is 26.0 Å². The van der Waals surface area contributed by atoms with Crippen LogP contribution in [0.3, 0.4) is 0 Å². The minimum Gasteiger partial charge on any atom is -0.490 e. The van der Waals surface area contributed by atoms with E-state index in [1.807, 2.05) is 43.5 Å². The van der Waals surface area contributed by atoms with Crippen LogP contribution in [-0.2, 0) is 11.2 Å². The average molecular weight is 376 g/mol. The Kier molecular flexibility index (Phi) is 7.98. The molecule has 1 amide bonds. The summed E-state index contributed by atoms with van der Waals surface area (Å²) in [6.07, 6.45) is 1.28. The number of hydrogen-bond donors (Lipinski definition) is 1. The molecule has 0 radical (unpaired) electrons. The van der Waals surface area contributed by atoms with Gasteiger partial charge < -0.3 is 14.8 Å². The summed E-state index contributed by atoms with van der Waals surface area (Å²) >= 11 is 1.69. The van der Waals surface area contributed by atoms with E-state index in [4.69, 9.17) is 9.47 Å². The van der Waals surface area contributed by atoms with Crippen LogP contribution in [0, 0.1) is 5.92 Å². The Balaban J connectivity index is 2.10. The topological polar surface area (TPSA) is 47.6 Å². The van der Waals surface area contributed by atoms with E-state index in [0.29, 0.717) is 19.6 Å². The molecule has 1 aromatic heterocycles. The molecule has 0 fully saturated rings. The zero-order valence-electron chi connectivity index (χ0n) is 16.1. The molecule has 0 saturated heterocycles. The van der Waals surface area contributed by atoms with Gasteiger partial charge in [0.05, 0.1) is 19.3 Å². The molecule has 0 bridgehead atoms. The summed E-state index contributed by atoms with van der Waals surface area (Å²) in [5.74, 6) is 1.81. The van der Waals surface area contributed by atoms with E-state index in [1.165, 1.54) is 4.88 Å². The fourth-order valence-corrected chi connectivity index (χ4v) is 3.54. The van der Waals surface area contributed by atoms with Crippen LogP contribution >= 0.6 is 11.3 Å². The summed E-state index contributed by atoms with van der Waals surface area (Å²) in [5.41, 5.74) is 1.04. The van der Waals surface area contributed by atoms with Gasteiger partial charge in [-0.15, -0.1) is 11.3 Å². The van der Waals surface area contributed by atoms with Crippen molar-refractivity contribution < 1.29 is 14.3 Å².